The molecule has 7 nitrogen and oxygen atoms in total. The summed E-state index contributed by atoms with van der Waals surface area (Å²) in [6.07, 6.45) is 3.95. The Kier molecular flexibility index (Phi) is 7.05. The number of hydrogen-bond acceptors (Lipinski definition) is 5. The van der Waals surface area contributed by atoms with E-state index in [2.05, 4.69) is 22.5 Å². The van der Waals surface area contributed by atoms with Gasteiger partial charge in [0.25, 0.3) is 5.91 Å². The molecule has 1 aromatic heterocycles. The summed E-state index contributed by atoms with van der Waals surface area (Å²) in [5.74, 6) is 0.491. The second-order valence-corrected chi connectivity index (χ2v) is 7.04. The smallest absolute Gasteiger partial charge is 0.409 e. The molecule has 29 heavy (non-hydrogen) atoms. The van der Waals surface area contributed by atoms with Gasteiger partial charge in [-0.25, -0.2) is 9.78 Å². The molecule has 2 amide bonds. The van der Waals surface area contributed by atoms with Gasteiger partial charge in [-0.1, -0.05) is 19.1 Å². The Bertz CT molecular complexity index is 830. The van der Waals surface area contributed by atoms with E-state index in [-0.39, 0.29) is 18.0 Å². The second-order valence-electron chi connectivity index (χ2n) is 7.04. The maximum absolute atomic E-state index is 12.6. The number of carbonyl (C=O) groups is 2. The maximum Gasteiger partial charge on any atom is 0.409 e. The number of amides is 2. The summed E-state index contributed by atoms with van der Waals surface area (Å²) in [6, 6.07) is 11.5. The Hall–Kier alpha value is -3.09. The third-order valence-corrected chi connectivity index (χ3v) is 5.02. The van der Waals surface area contributed by atoms with E-state index < -0.39 is 0 Å². The lowest BCUT2D eigenvalue weighted by Gasteiger charge is -2.31. The highest BCUT2D eigenvalue weighted by atomic mass is 16.6. The van der Waals surface area contributed by atoms with Crippen LogP contribution in [0.2, 0.25) is 0 Å². The Labute approximate surface area is 171 Å². The van der Waals surface area contributed by atoms with E-state index in [1.165, 1.54) is 5.56 Å². The number of aromatic nitrogens is 1. The Balaban J connectivity index is 1.55. The zero-order chi connectivity index (χ0) is 20.6. The fraction of sp³-hybridized carbons (Fsp3) is 0.409. The van der Waals surface area contributed by atoms with Crippen molar-refractivity contribution in [1.82, 2.24) is 9.88 Å². The minimum atomic E-state index is -0.255. The number of ether oxygens (including phenoxy) is 1. The molecule has 2 aromatic rings. The number of piperidine rings is 1. The third kappa shape index (κ3) is 5.70. The summed E-state index contributed by atoms with van der Waals surface area (Å²) in [6.45, 7) is 5.58. The predicted octanol–water partition coefficient (Wildman–Crippen LogP) is 3.93. The van der Waals surface area contributed by atoms with Crippen LogP contribution in [0.25, 0.3) is 0 Å². The first kappa shape index (κ1) is 20.6. The number of nitrogens with zero attached hydrogens (tertiary/aromatic N) is 2. The molecule has 1 fully saturated rings. The van der Waals surface area contributed by atoms with Crippen LogP contribution < -0.4 is 10.6 Å². The third-order valence-electron chi connectivity index (χ3n) is 5.02. The lowest BCUT2D eigenvalue weighted by atomic mass is 10.1. The van der Waals surface area contributed by atoms with Gasteiger partial charge in [0.15, 0.2) is 0 Å². The van der Waals surface area contributed by atoms with Crippen molar-refractivity contribution in [2.24, 2.45) is 0 Å². The molecule has 2 heterocycles. The molecule has 7 heteroatoms. The quantitative estimate of drug-likeness (QED) is 0.773. The Morgan fingerprint density at radius 1 is 1.14 bits per heavy atom. The number of rotatable bonds is 6. The molecule has 0 spiro atoms. The first-order chi connectivity index (χ1) is 14.1. The van der Waals surface area contributed by atoms with Crippen LogP contribution in [0.5, 0.6) is 0 Å². The predicted molar refractivity (Wildman–Crippen MR) is 113 cm³/mol. The molecule has 3 rings (SSSR count). The van der Waals surface area contributed by atoms with Crippen molar-refractivity contribution in [2.75, 3.05) is 30.3 Å². The van der Waals surface area contributed by atoms with E-state index in [4.69, 9.17) is 4.74 Å². The molecule has 2 N–H and O–H groups in total. The van der Waals surface area contributed by atoms with Gasteiger partial charge in [0.05, 0.1) is 6.61 Å². The standard InChI is InChI=1S/C22H28N4O3/c1-3-16-5-7-18(8-6-16)25-21(27)17-9-12-23-20(15-17)24-19-10-13-26(14-11-19)22(28)29-4-2/h5-9,12,15,19H,3-4,10-11,13-14H2,1-2H3,(H,23,24)(H,25,27). The number of likely N-dealkylation sites (tertiary alicyclic amines) is 1. The fourth-order valence-corrected chi connectivity index (χ4v) is 3.31. The van der Waals surface area contributed by atoms with Crippen LogP contribution >= 0.6 is 0 Å². The van der Waals surface area contributed by atoms with Gasteiger partial charge in [0, 0.05) is 36.6 Å². The molecule has 1 aliphatic heterocycles. The van der Waals surface area contributed by atoms with Gasteiger partial charge in [-0.3, -0.25) is 4.79 Å². The normalized spacial score (nSPS) is 14.3. The number of nitrogens with one attached hydrogen (secondary N) is 2. The number of carbonyl (C=O) groups excluding carboxylic acids is 2. The minimum absolute atomic E-state index is 0.170. The molecular weight excluding hydrogens is 368 g/mol. The highest BCUT2D eigenvalue weighted by molar-refractivity contribution is 6.04. The molecule has 0 atom stereocenters. The van der Waals surface area contributed by atoms with E-state index in [9.17, 15) is 9.59 Å². The van der Waals surface area contributed by atoms with E-state index >= 15 is 0 Å². The summed E-state index contributed by atoms with van der Waals surface area (Å²) >= 11 is 0. The number of hydrogen-bond donors (Lipinski definition) is 2. The number of aryl methyl sites for hydroxylation is 1. The first-order valence-corrected chi connectivity index (χ1v) is 10.1. The molecule has 0 saturated carbocycles. The van der Waals surface area contributed by atoms with Crippen molar-refractivity contribution in [3.05, 3.63) is 53.7 Å². The average molecular weight is 396 g/mol. The zero-order valence-electron chi connectivity index (χ0n) is 17.0. The van der Waals surface area contributed by atoms with Crippen LogP contribution in [-0.2, 0) is 11.2 Å². The summed E-state index contributed by atoms with van der Waals surface area (Å²) < 4.78 is 5.05. The number of benzene rings is 1. The monoisotopic (exact) mass is 396 g/mol. The van der Waals surface area contributed by atoms with Gasteiger partial charge in [0.2, 0.25) is 0 Å². The van der Waals surface area contributed by atoms with Gasteiger partial charge in [-0.05, 0) is 56.0 Å². The molecule has 0 aliphatic carbocycles. The van der Waals surface area contributed by atoms with Crippen molar-refractivity contribution < 1.29 is 14.3 Å². The minimum Gasteiger partial charge on any atom is -0.450 e. The summed E-state index contributed by atoms with van der Waals surface area (Å²) in [7, 11) is 0. The largest absolute Gasteiger partial charge is 0.450 e. The second kappa shape index (κ2) is 9.91. The fourth-order valence-electron chi connectivity index (χ4n) is 3.31. The topological polar surface area (TPSA) is 83.6 Å². The van der Waals surface area contributed by atoms with Gasteiger partial charge >= 0.3 is 6.09 Å². The summed E-state index contributed by atoms with van der Waals surface area (Å²) in [5.41, 5.74) is 2.54. The molecule has 0 radical (unpaired) electrons. The lowest BCUT2D eigenvalue weighted by molar-refractivity contribution is 0.0981. The lowest BCUT2D eigenvalue weighted by Crippen LogP contribution is -2.42. The van der Waals surface area contributed by atoms with Crippen LogP contribution in [0.4, 0.5) is 16.3 Å². The SMILES string of the molecule is CCOC(=O)N1CCC(Nc2cc(C(=O)Nc3ccc(CC)cc3)ccn2)CC1. The van der Waals surface area contributed by atoms with Gasteiger partial charge < -0.3 is 20.3 Å². The zero-order valence-corrected chi connectivity index (χ0v) is 17.0. The maximum atomic E-state index is 12.6. The highest BCUT2D eigenvalue weighted by Crippen LogP contribution is 2.18. The van der Waals surface area contributed by atoms with Crippen molar-refractivity contribution in [3.8, 4) is 0 Å². The molecule has 1 aliphatic rings. The molecule has 1 aromatic carbocycles. The van der Waals surface area contributed by atoms with E-state index in [1.807, 2.05) is 24.3 Å². The number of pyridine rings is 1. The van der Waals surface area contributed by atoms with Crippen LogP contribution in [0.15, 0.2) is 42.6 Å². The molecular formula is C22H28N4O3. The van der Waals surface area contributed by atoms with Crippen molar-refractivity contribution in [1.29, 1.82) is 0 Å². The van der Waals surface area contributed by atoms with Crippen LogP contribution in [-0.4, -0.2) is 47.6 Å². The van der Waals surface area contributed by atoms with Crippen LogP contribution in [0.3, 0.4) is 0 Å². The summed E-state index contributed by atoms with van der Waals surface area (Å²) in [5, 5.41) is 6.29. The van der Waals surface area contributed by atoms with Crippen molar-refractivity contribution in [2.45, 2.75) is 39.2 Å². The average Bonchev–Trinajstić information content (AvgIpc) is 2.75. The van der Waals surface area contributed by atoms with Gasteiger partial charge in [-0.2, -0.15) is 0 Å². The summed E-state index contributed by atoms with van der Waals surface area (Å²) in [4.78, 5) is 30.4. The first-order valence-electron chi connectivity index (χ1n) is 10.1. The Morgan fingerprint density at radius 3 is 2.52 bits per heavy atom. The van der Waals surface area contributed by atoms with Crippen molar-refractivity contribution >= 4 is 23.5 Å². The molecule has 1 saturated heterocycles. The van der Waals surface area contributed by atoms with E-state index in [1.54, 1.807) is 30.2 Å². The van der Waals surface area contributed by atoms with Crippen molar-refractivity contribution in [3.63, 3.8) is 0 Å². The van der Waals surface area contributed by atoms with Gasteiger partial charge in [-0.15, -0.1) is 0 Å². The van der Waals surface area contributed by atoms with Crippen LogP contribution in [0, 0.1) is 0 Å². The Morgan fingerprint density at radius 2 is 1.86 bits per heavy atom. The van der Waals surface area contributed by atoms with Crippen LogP contribution in [0.1, 0.15) is 42.6 Å². The van der Waals surface area contributed by atoms with Gasteiger partial charge in [0.1, 0.15) is 5.82 Å². The molecule has 0 bridgehead atoms. The highest BCUT2D eigenvalue weighted by Gasteiger charge is 2.23. The number of anilines is 2. The molecule has 154 valence electrons. The van der Waals surface area contributed by atoms with E-state index in [0.29, 0.717) is 31.1 Å². The molecule has 0 unspecified atom stereocenters. The van der Waals surface area contributed by atoms with E-state index in [0.717, 1.165) is 24.9 Å².